The highest BCUT2D eigenvalue weighted by Crippen LogP contribution is 2.25. The first-order valence-corrected chi connectivity index (χ1v) is 5.84. The Morgan fingerprint density at radius 1 is 1.56 bits per heavy atom. The predicted molar refractivity (Wildman–Crippen MR) is 64.2 cm³/mol. The fourth-order valence-corrected chi connectivity index (χ4v) is 2.31. The average Bonchev–Trinajstić information content (AvgIpc) is 2.38. The minimum Gasteiger partial charge on any atom is -0.396 e. The fourth-order valence-electron chi connectivity index (χ4n) is 2.31. The Morgan fingerprint density at radius 3 is 3.19 bits per heavy atom. The number of aliphatic hydroxyl groups excluding tert-OH is 1. The van der Waals surface area contributed by atoms with E-state index in [4.69, 9.17) is 5.73 Å². The molecule has 0 bridgehead atoms. The molecule has 0 saturated carbocycles. The van der Waals surface area contributed by atoms with Gasteiger partial charge in [-0.3, -0.25) is 4.98 Å². The fraction of sp³-hybridized carbons (Fsp3) is 0.583. The van der Waals surface area contributed by atoms with E-state index in [2.05, 4.69) is 9.88 Å². The molecular weight excluding hydrogens is 202 g/mol. The van der Waals surface area contributed by atoms with Crippen molar-refractivity contribution in [2.24, 2.45) is 11.7 Å². The molecule has 88 valence electrons. The summed E-state index contributed by atoms with van der Waals surface area (Å²) in [6, 6.07) is 1.97. The average molecular weight is 221 g/mol. The number of anilines is 1. The maximum absolute atomic E-state index is 9.22. The molecule has 1 aromatic heterocycles. The Morgan fingerprint density at radius 2 is 2.44 bits per heavy atom. The number of pyridine rings is 1. The molecule has 2 rings (SSSR count). The highest BCUT2D eigenvalue weighted by atomic mass is 16.3. The van der Waals surface area contributed by atoms with Crippen molar-refractivity contribution in [2.45, 2.75) is 19.4 Å². The van der Waals surface area contributed by atoms with Gasteiger partial charge >= 0.3 is 0 Å². The summed E-state index contributed by atoms with van der Waals surface area (Å²) >= 11 is 0. The molecule has 4 nitrogen and oxygen atoms in total. The van der Waals surface area contributed by atoms with Crippen LogP contribution in [0.4, 0.5) is 5.69 Å². The second kappa shape index (κ2) is 5.27. The Kier molecular flexibility index (Phi) is 3.74. The Balaban J connectivity index is 2.16. The quantitative estimate of drug-likeness (QED) is 0.790. The lowest BCUT2D eigenvalue weighted by Gasteiger charge is -2.34. The molecule has 0 spiro atoms. The number of rotatable bonds is 3. The van der Waals surface area contributed by atoms with E-state index in [1.807, 2.05) is 12.3 Å². The van der Waals surface area contributed by atoms with Crippen LogP contribution in [-0.2, 0) is 6.54 Å². The zero-order valence-electron chi connectivity index (χ0n) is 9.47. The SMILES string of the molecule is NCc1ccncc1N1CCCC(CO)C1. The molecule has 1 aliphatic rings. The summed E-state index contributed by atoms with van der Waals surface area (Å²) in [5.41, 5.74) is 7.98. The van der Waals surface area contributed by atoms with Crippen molar-refractivity contribution in [1.82, 2.24) is 4.98 Å². The van der Waals surface area contributed by atoms with E-state index in [9.17, 15) is 5.11 Å². The van der Waals surface area contributed by atoms with Gasteiger partial charge in [-0.05, 0) is 30.4 Å². The van der Waals surface area contributed by atoms with E-state index in [1.165, 1.54) is 0 Å². The van der Waals surface area contributed by atoms with Crippen LogP contribution in [0.5, 0.6) is 0 Å². The van der Waals surface area contributed by atoms with Crippen molar-refractivity contribution in [3.8, 4) is 0 Å². The van der Waals surface area contributed by atoms with Gasteiger partial charge in [-0.15, -0.1) is 0 Å². The summed E-state index contributed by atoms with van der Waals surface area (Å²) in [5.74, 6) is 0.389. The molecular formula is C12H19N3O. The number of hydrogen-bond donors (Lipinski definition) is 2. The molecule has 2 heterocycles. The normalized spacial score (nSPS) is 21.1. The summed E-state index contributed by atoms with van der Waals surface area (Å²) in [5, 5.41) is 9.22. The van der Waals surface area contributed by atoms with Gasteiger partial charge in [0, 0.05) is 32.4 Å². The van der Waals surface area contributed by atoms with Crippen molar-refractivity contribution < 1.29 is 5.11 Å². The van der Waals surface area contributed by atoms with Crippen molar-refractivity contribution >= 4 is 5.69 Å². The molecule has 16 heavy (non-hydrogen) atoms. The summed E-state index contributed by atoms with van der Waals surface area (Å²) < 4.78 is 0. The summed E-state index contributed by atoms with van der Waals surface area (Å²) in [4.78, 5) is 6.45. The maximum Gasteiger partial charge on any atom is 0.0598 e. The van der Waals surface area contributed by atoms with E-state index in [-0.39, 0.29) is 6.61 Å². The molecule has 0 radical (unpaired) electrons. The zero-order chi connectivity index (χ0) is 11.4. The van der Waals surface area contributed by atoms with Crippen LogP contribution in [0.25, 0.3) is 0 Å². The molecule has 1 saturated heterocycles. The number of aliphatic hydroxyl groups is 1. The van der Waals surface area contributed by atoms with Crippen LogP contribution in [0.15, 0.2) is 18.5 Å². The number of piperidine rings is 1. The molecule has 4 heteroatoms. The lowest BCUT2D eigenvalue weighted by Crippen LogP contribution is -2.37. The maximum atomic E-state index is 9.22. The molecule has 0 amide bonds. The molecule has 1 aliphatic heterocycles. The predicted octanol–water partition coefficient (Wildman–Crippen LogP) is 0.749. The highest BCUT2D eigenvalue weighted by Gasteiger charge is 2.20. The van der Waals surface area contributed by atoms with Gasteiger partial charge in [-0.1, -0.05) is 0 Å². The van der Waals surface area contributed by atoms with Gasteiger partial charge in [0.1, 0.15) is 0 Å². The topological polar surface area (TPSA) is 62.4 Å². The van der Waals surface area contributed by atoms with Crippen LogP contribution in [0.3, 0.4) is 0 Å². The first-order chi connectivity index (χ1) is 7.85. The van der Waals surface area contributed by atoms with Gasteiger partial charge in [0.15, 0.2) is 0 Å². The van der Waals surface area contributed by atoms with Crippen LogP contribution in [0.1, 0.15) is 18.4 Å². The smallest absolute Gasteiger partial charge is 0.0598 e. The van der Waals surface area contributed by atoms with Crippen LogP contribution in [0, 0.1) is 5.92 Å². The largest absolute Gasteiger partial charge is 0.396 e. The first-order valence-electron chi connectivity index (χ1n) is 5.84. The molecule has 0 aromatic carbocycles. The molecule has 0 aliphatic carbocycles. The Hall–Kier alpha value is -1.13. The second-order valence-corrected chi connectivity index (χ2v) is 4.35. The van der Waals surface area contributed by atoms with E-state index >= 15 is 0 Å². The monoisotopic (exact) mass is 221 g/mol. The van der Waals surface area contributed by atoms with Gasteiger partial charge in [-0.25, -0.2) is 0 Å². The Labute approximate surface area is 96.1 Å². The lowest BCUT2D eigenvalue weighted by atomic mass is 9.98. The Bertz CT molecular complexity index is 343. The minimum atomic E-state index is 0.273. The zero-order valence-corrected chi connectivity index (χ0v) is 9.47. The number of nitrogens with two attached hydrogens (primary N) is 1. The van der Waals surface area contributed by atoms with Crippen molar-refractivity contribution in [2.75, 3.05) is 24.6 Å². The van der Waals surface area contributed by atoms with Gasteiger partial charge in [0.05, 0.1) is 11.9 Å². The van der Waals surface area contributed by atoms with Gasteiger partial charge in [-0.2, -0.15) is 0 Å². The summed E-state index contributed by atoms with van der Waals surface area (Å²) in [7, 11) is 0. The van der Waals surface area contributed by atoms with Gasteiger partial charge < -0.3 is 15.7 Å². The lowest BCUT2D eigenvalue weighted by molar-refractivity contribution is 0.208. The summed E-state index contributed by atoms with van der Waals surface area (Å²) in [6.45, 7) is 2.76. The summed E-state index contributed by atoms with van der Waals surface area (Å²) in [6.07, 6.45) is 5.90. The van der Waals surface area contributed by atoms with E-state index in [0.29, 0.717) is 12.5 Å². The standard InChI is InChI=1S/C12H19N3O/c13-6-11-3-4-14-7-12(11)15-5-1-2-10(8-15)9-16/h3-4,7,10,16H,1-2,5-6,8-9,13H2. The molecule has 1 fully saturated rings. The number of nitrogens with zero attached hydrogens (tertiary/aromatic N) is 2. The van der Waals surface area contributed by atoms with Crippen molar-refractivity contribution in [3.05, 3.63) is 24.0 Å². The van der Waals surface area contributed by atoms with Crippen molar-refractivity contribution in [3.63, 3.8) is 0 Å². The van der Waals surface area contributed by atoms with E-state index < -0.39 is 0 Å². The third kappa shape index (κ3) is 2.33. The molecule has 1 aromatic rings. The first kappa shape index (κ1) is 11.4. The third-order valence-corrected chi connectivity index (χ3v) is 3.23. The van der Waals surface area contributed by atoms with Crippen LogP contribution in [-0.4, -0.2) is 29.8 Å². The van der Waals surface area contributed by atoms with E-state index in [0.717, 1.165) is 37.2 Å². The third-order valence-electron chi connectivity index (χ3n) is 3.23. The minimum absolute atomic E-state index is 0.273. The second-order valence-electron chi connectivity index (χ2n) is 4.35. The van der Waals surface area contributed by atoms with Crippen LogP contribution in [0.2, 0.25) is 0 Å². The van der Waals surface area contributed by atoms with Crippen LogP contribution >= 0.6 is 0 Å². The number of hydrogen-bond acceptors (Lipinski definition) is 4. The molecule has 1 unspecified atom stereocenters. The van der Waals surface area contributed by atoms with Crippen LogP contribution < -0.4 is 10.6 Å². The van der Waals surface area contributed by atoms with E-state index in [1.54, 1.807) is 6.20 Å². The highest BCUT2D eigenvalue weighted by molar-refractivity contribution is 5.51. The molecule has 3 N–H and O–H groups in total. The van der Waals surface area contributed by atoms with Gasteiger partial charge in [0.25, 0.3) is 0 Å². The van der Waals surface area contributed by atoms with Gasteiger partial charge in [0.2, 0.25) is 0 Å². The number of aromatic nitrogens is 1. The van der Waals surface area contributed by atoms with Crippen molar-refractivity contribution in [1.29, 1.82) is 0 Å². The molecule has 1 atom stereocenters.